The van der Waals surface area contributed by atoms with Crippen molar-refractivity contribution in [3.05, 3.63) is 91.0 Å². The van der Waals surface area contributed by atoms with Crippen LogP contribution in [0.15, 0.2) is 91.0 Å². The molecule has 0 atom stereocenters. The summed E-state index contributed by atoms with van der Waals surface area (Å²) in [5.74, 6) is 0. The Balaban J connectivity index is 0.000000774. The maximum Gasteiger partial charge on any atom is -0.0134 e. The summed E-state index contributed by atoms with van der Waals surface area (Å²) in [7, 11) is 3.88. The Morgan fingerprint density at radius 3 is 0.952 bits per heavy atom. The maximum atomic E-state index is 4.33. The van der Waals surface area contributed by atoms with Crippen molar-refractivity contribution >= 4 is 34.0 Å². The molecule has 0 spiro atoms. The van der Waals surface area contributed by atoms with Gasteiger partial charge in [0.1, 0.15) is 0 Å². The molecule has 0 radical (unpaired) electrons. The average molecular weight is 357 g/mol. The Morgan fingerprint density at radius 1 is 0.476 bits per heavy atom. The van der Waals surface area contributed by atoms with E-state index >= 15 is 0 Å². The number of halogens is 1. The fourth-order valence-electron chi connectivity index (χ4n) is 2.18. The molecule has 3 heteroatoms. The molecule has 0 amide bonds. The average Bonchev–Trinajstić information content (AvgIpc) is 2.60. The number of hydrogen-bond acceptors (Lipinski definition) is 0. The minimum Gasteiger partial charge on any atom is -0.0622 e. The molecule has 0 aromatic heterocycles. The minimum atomic E-state index is -0.446. The Labute approximate surface area is 139 Å². The van der Waals surface area contributed by atoms with Crippen LogP contribution >= 0.6 is 18.1 Å². The van der Waals surface area contributed by atoms with Crippen LogP contribution in [0, 0.1) is 0 Å². The summed E-state index contributed by atoms with van der Waals surface area (Å²) in [6.07, 6.45) is 0. The van der Waals surface area contributed by atoms with Crippen LogP contribution in [0.3, 0.4) is 0 Å². The van der Waals surface area contributed by atoms with E-state index in [0.29, 0.717) is 0 Å². The maximum absolute atomic E-state index is 4.33. The van der Waals surface area contributed by atoms with Gasteiger partial charge in [0.15, 0.2) is 0 Å². The van der Waals surface area contributed by atoms with Crippen LogP contribution in [0.1, 0.15) is 0 Å². The molecule has 21 heavy (non-hydrogen) atoms. The third kappa shape index (κ3) is 4.43. The van der Waals surface area contributed by atoms with Crippen molar-refractivity contribution in [3.8, 4) is 0 Å². The molecule has 0 unspecified atom stereocenters. The van der Waals surface area contributed by atoms with Crippen LogP contribution in [0.2, 0.25) is 0 Å². The summed E-state index contributed by atoms with van der Waals surface area (Å²) >= 11 is 3.03. The smallest absolute Gasteiger partial charge is 0.0134 e. The summed E-state index contributed by atoms with van der Waals surface area (Å²) in [6, 6.07) is 32.3. The number of hydrogen-bond donors (Lipinski definition) is 0. The molecule has 3 rings (SSSR count). The molecule has 0 aliphatic rings. The molecule has 0 bridgehead atoms. The molecule has 0 aliphatic heterocycles. The zero-order valence-electron chi connectivity index (χ0n) is 11.3. The van der Waals surface area contributed by atoms with Gasteiger partial charge in [-0.2, -0.15) is 0 Å². The first-order chi connectivity index (χ1) is 10.4. The monoisotopic (exact) mass is 356 g/mol. The Hall–Kier alpha value is -1.11. The molecular weight excluding hydrogens is 342 g/mol. The van der Waals surface area contributed by atoms with E-state index in [1.54, 1.807) is 0 Å². The molecule has 108 valence electrons. The minimum absolute atomic E-state index is 0.446. The fourth-order valence-corrected chi connectivity index (χ4v) is 4.48. The van der Waals surface area contributed by atoms with Crippen molar-refractivity contribution < 1.29 is 14.8 Å². The van der Waals surface area contributed by atoms with E-state index in [2.05, 4.69) is 116 Å². The first-order valence-corrected chi connectivity index (χ1v) is 9.30. The first kappa shape index (κ1) is 16.3. The molecule has 0 aliphatic carbocycles. The molecule has 0 N–H and O–H groups in total. The van der Waals surface area contributed by atoms with Crippen LogP contribution < -0.4 is 15.9 Å². The van der Waals surface area contributed by atoms with Crippen molar-refractivity contribution in [2.45, 2.75) is 0 Å². The van der Waals surface area contributed by atoms with E-state index in [1.807, 2.05) is 0 Å². The summed E-state index contributed by atoms with van der Waals surface area (Å²) < 4.78 is 0. The van der Waals surface area contributed by atoms with Gasteiger partial charge in [-0.1, -0.05) is 91.0 Å². The SMILES string of the molecule is [Cl][Co].c1ccc(P(c2ccccc2)c2ccccc2)cc1. The second kappa shape index (κ2) is 9.02. The van der Waals surface area contributed by atoms with Gasteiger partial charge in [-0.25, -0.2) is 0 Å². The number of benzene rings is 3. The third-order valence-corrected chi connectivity index (χ3v) is 5.49. The molecule has 0 nitrogen and oxygen atoms in total. The normalized spacial score (nSPS) is 9.90. The van der Waals surface area contributed by atoms with E-state index in [1.165, 1.54) is 15.9 Å². The predicted octanol–water partition coefficient (Wildman–Crippen LogP) is 4.13. The Morgan fingerprint density at radius 2 is 0.714 bits per heavy atom. The second-order valence-electron chi connectivity index (χ2n) is 4.34. The van der Waals surface area contributed by atoms with Crippen LogP contribution in [-0.4, -0.2) is 0 Å². The van der Waals surface area contributed by atoms with Gasteiger partial charge in [-0.05, 0) is 23.8 Å². The molecule has 0 saturated heterocycles. The van der Waals surface area contributed by atoms with Gasteiger partial charge >= 0.3 is 25.0 Å². The zero-order valence-corrected chi connectivity index (χ0v) is 14.0. The Bertz CT molecular complexity index is 535. The molecular formula is C18H15ClCoP. The van der Waals surface area contributed by atoms with Crippen molar-refractivity contribution in [1.82, 2.24) is 0 Å². The van der Waals surface area contributed by atoms with Crippen LogP contribution in [0.25, 0.3) is 0 Å². The van der Waals surface area contributed by atoms with Crippen molar-refractivity contribution in [1.29, 1.82) is 0 Å². The van der Waals surface area contributed by atoms with E-state index in [4.69, 9.17) is 0 Å². The van der Waals surface area contributed by atoms with Crippen LogP contribution in [-0.2, 0) is 14.8 Å². The number of rotatable bonds is 3. The molecule has 3 aromatic carbocycles. The van der Waals surface area contributed by atoms with Crippen molar-refractivity contribution in [3.63, 3.8) is 0 Å². The molecule has 3 aromatic rings. The fraction of sp³-hybridized carbons (Fsp3) is 0. The summed E-state index contributed by atoms with van der Waals surface area (Å²) in [5.41, 5.74) is 0. The standard InChI is InChI=1S/C18H15P.ClH.Co/c1-4-10-16(11-5-1)19(17-12-6-2-7-13-17)18-14-8-3-9-15-18;;/h1-15H;1H;/q;;+1/p-1. The van der Waals surface area contributed by atoms with Crippen molar-refractivity contribution in [2.24, 2.45) is 0 Å². The van der Waals surface area contributed by atoms with E-state index in [0.717, 1.165) is 0 Å². The molecule has 0 saturated carbocycles. The van der Waals surface area contributed by atoms with Gasteiger partial charge in [-0.3, -0.25) is 0 Å². The zero-order chi connectivity index (χ0) is 14.9. The second-order valence-corrected chi connectivity index (χ2v) is 6.56. The van der Waals surface area contributed by atoms with Gasteiger partial charge in [0.2, 0.25) is 0 Å². The van der Waals surface area contributed by atoms with Crippen LogP contribution in [0.5, 0.6) is 0 Å². The third-order valence-electron chi connectivity index (χ3n) is 3.04. The first-order valence-electron chi connectivity index (χ1n) is 6.53. The molecule has 0 fully saturated rings. The topological polar surface area (TPSA) is 0 Å². The quantitative estimate of drug-likeness (QED) is 0.619. The van der Waals surface area contributed by atoms with Gasteiger partial charge < -0.3 is 0 Å². The Kier molecular flexibility index (Phi) is 6.98. The van der Waals surface area contributed by atoms with E-state index < -0.39 is 7.92 Å². The van der Waals surface area contributed by atoms with Gasteiger partial charge in [0, 0.05) is 0 Å². The van der Waals surface area contributed by atoms with E-state index in [-0.39, 0.29) is 0 Å². The van der Waals surface area contributed by atoms with E-state index in [9.17, 15) is 0 Å². The predicted molar refractivity (Wildman–Crippen MR) is 91.0 cm³/mol. The van der Waals surface area contributed by atoms with Crippen molar-refractivity contribution in [2.75, 3.05) is 0 Å². The largest absolute Gasteiger partial charge is 0.0622 e. The molecule has 0 heterocycles. The van der Waals surface area contributed by atoms with Crippen LogP contribution in [0.4, 0.5) is 0 Å². The summed E-state index contributed by atoms with van der Waals surface area (Å²) in [4.78, 5) is 0. The van der Waals surface area contributed by atoms with Gasteiger partial charge in [0.05, 0.1) is 0 Å². The van der Waals surface area contributed by atoms with Gasteiger partial charge in [-0.15, -0.1) is 0 Å². The summed E-state index contributed by atoms with van der Waals surface area (Å²) in [5, 5.41) is 4.19. The summed E-state index contributed by atoms with van der Waals surface area (Å²) in [6.45, 7) is 0. The van der Waals surface area contributed by atoms with Gasteiger partial charge in [0.25, 0.3) is 0 Å².